The third-order valence-corrected chi connectivity index (χ3v) is 4.07. The number of amides is 2. The first kappa shape index (κ1) is 17.7. The predicted molar refractivity (Wildman–Crippen MR) is 88.3 cm³/mol. The molecule has 23 heavy (non-hydrogen) atoms. The summed E-state index contributed by atoms with van der Waals surface area (Å²) in [7, 11) is 0. The van der Waals surface area contributed by atoms with Crippen molar-refractivity contribution in [3.63, 3.8) is 0 Å². The maximum Gasteiger partial charge on any atom is 0.245 e. The summed E-state index contributed by atoms with van der Waals surface area (Å²) in [4.78, 5) is 26.3. The van der Waals surface area contributed by atoms with Gasteiger partial charge in [-0.3, -0.25) is 9.59 Å². The lowest BCUT2D eigenvalue weighted by Gasteiger charge is -2.24. The second-order valence-corrected chi connectivity index (χ2v) is 5.68. The van der Waals surface area contributed by atoms with E-state index in [9.17, 15) is 9.59 Å². The number of carbonyl (C=O) groups excluding carboxylic acids is 2. The number of hydrogen-bond acceptors (Lipinski definition) is 4. The molecule has 0 bridgehead atoms. The van der Waals surface area contributed by atoms with Crippen LogP contribution in [0.2, 0.25) is 0 Å². The fourth-order valence-corrected chi connectivity index (χ4v) is 2.84. The van der Waals surface area contributed by atoms with Crippen LogP contribution in [-0.4, -0.2) is 55.1 Å². The van der Waals surface area contributed by atoms with Gasteiger partial charge in [-0.1, -0.05) is 30.3 Å². The molecule has 2 amide bonds. The minimum absolute atomic E-state index is 0. The number of carbonyl (C=O) groups is 2. The SMILES string of the molecule is Cl.O=C(NC1CCN(Cc2ccccc2)C1=O)C1COCCN1. The minimum atomic E-state index is -0.417. The molecule has 2 N–H and O–H groups in total. The predicted octanol–water partition coefficient (Wildman–Crippen LogP) is 0.314. The van der Waals surface area contributed by atoms with Crippen molar-refractivity contribution in [1.82, 2.24) is 15.5 Å². The molecule has 2 saturated heterocycles. The van der Waals surface area contributed by atoms with Crippen molar-refractivity contribution in [3.8, 4) is 0 Å². The Labute approximate surface area is 142 Å². The molecule has 1 aromatic rings. The molecular formula is C16H22ClN3O3. The molecule has 2 heterocycles. The summed E-state index contributed by atoms with van der Waals surface area (Å²) in [6.07, 6.45) is 0.658. The largest absolute Gasteiger partial charge is 0.378 e. The molecule has 0 aliphatic carbocycles. The van der Waals surface area contributed by atoms with E-state index in [0.29, 0.717) is 39.3 Å². The Morgan fingerprint density at radius 2 is 2.13 bits per heavy atom. The van der Waals surface area contributed by atoms with Crippen molar-refractivity contribution >= 4 is 24.2 Å². The maximum absolute atomic E-state index is 12.4. The van der Waals surface area contributed by atoms with Crippen LogP contribution >= 0.6 is 12.4 Å². The summed E-state index contributed by atoms with van der Waals surface area (Å²) < 4.78 is 5.28. The van der Waals surface area contributed by atoms with Crippen LogP contribution in [0.3, 0.4) is 0 Å². The smallest absolute Gasteiger partial charge is 0.245 e. The van der Waals surface area contributed by atoms with Crippen molar-refractivity contribution in [2.24, 2.45) is 0 Å². The molecule has 126 valence electrons. The Balaban J connectivity index is 0.00000192. The van der Waals surface area contributed by atoms with Crippen molar-refractivity contribution in [2.45, 2.75) is 25.0 Å². The van der Waals surface area contributed by atoms with Crippen LogP contribution in [0.5, 0.6) is 0 Å². The Kier molecular flexibility index (Phi) is 6.38. The van der Waals surface area contributed by atoms with E-state index in [-0.39, 0.29) is 30.3 Å². The van der Waals surface area contributed by atoms with E-state index in [1.807, 2.05) is 30.3 Å². The summed E-state index contributed by atoms with van der Waals surface area (Å²) in [6, 6.07) is 9.11. The lowest BCUT2D eigenvalue weighted by atomic mass is 10.2. The number of morpholine rings is 1. The molecular weight excluding hydrogens is 318 g/mol. The summed E-state index contributed by atoms with van der Waals surface area (Å²) >= 11 is 0. The van der Waals surface area contributed by atoms with Gasteiger partial charge < -0.3 is 20.3 Å². The number of halogens is 1. The summed E-state index contributed by atoms with van der Waals surface area (Å²) in [5.41, 5.74) is 1.10. The van der Waals surface area contributed by atoms with E-state index in [1.165, 1.54) is 0 Å². The van der Waals surface area contributed by atoms with E-state index in [0.717, 1.165) is 5.56 Å². The zero-order valence-electron chi connectivity index (χ0n) is 12.9. The lowest BCUT2D eigenvalue weighted by molar-refractivity contribution is -0.134. The van der Waals surface area contributed by atoms with Gasteiger partial charge in [0.05, 0.1) is 13.2 Å². The Hall–Kier alpha value is -1.63. The number of benzene rings is 1. The third-order valence-electron chi connectivity index (χ3n) is 4.07. The molecule has 6 nitrogen and oxygen atoms in total. The molecule has 3 rings (SSSR count). The van der Waals surface area contributed by atoms with Crippen LogP contribution in [0.25, 0.3) is 0 Å². The molecule has 2 atom stereocenters. The standard InChI is InChI=1S/C16H21N3O3.ClH/c20-15(14-11-22-9-7-17-14)18-13-6-8-19(16(13)21)10-12-4-2-1-3-5-12;/h1-5,13-14,17H,6-11H2,(H,18,20);1H. The lowest BCUT2D eigenvalue weighted by Crippen LogP contribution is -2.54. The van der Waals surface area contributed by atoms with Gasteiger partial charge in [-0.2, -0.15) is 0 Å². The maximum atomic E-state index is 12.4. The minimum Gasteiger partial charge on any atom is -0.378 e. The Morgan fingerprint density at radius 1 is 1.35 bits per heavy atom. The molecule has 2 aliphatic heterocycles. The van der Waals surface area contributed by atoms with Gasteiger partial charge in [0.1, 0.15) is 12.1 Å². The van der Waals surface area contributed by atoms with Gasteiger partial charge in [-0.05, 0) is 12.0 Å². The number of nitrogens with one attached hydrogen (secondary N) is 2. The van der Waals surface area contributed by atoms with Gasteiger partial charge >= 0.3 is 0 Å². The zero-order chi connectivity index (χ0) is 15.4. The normalized spacial score (nSPS) is 24.2. The van der Waals surface area contributed by atoms with Crippen molar-refractivity contribution in [3.05, 3.63) is 35.9 Å². The van der Waals surface area contributed by atoms with Gasteiger partial charge in [0.2, 0.25) is 11.8 Å². The summed E-state index contributed by atoms with van der Waals surface area (Å²) in [5, 5.41) is 5.94. The molecule has 7 heteroatoms. The molecule has 2 aliphatic rings. The summed E-state index contributed by atoms with van der Waals surface area (Å²) in [6.45, 7) is 2.92. The van der Waals surface area contributed by atoms with Gasteiger partial charge in [-0.15, -0.1) is 12.4 Å². The van der Waals surface area contributed by atoms with E-state index in [2.05, 4.69) is 10.6 Å². The van der Waals surface area contributed by atoms with Crippen LogP contribution in [0.15, 0.2) is 30.3 Å². The van der Waals surface area contributed by atoms with Crippen LogP contribution in [0.1, 0.15) is 12.0 Å². The van der Waals surface area contributed by atoms with E-state index >= 15 is 0 Å². The van der Waals surface area contributed by atoms with E-state index < -0.39 is 6.04 Å². The Bertz CT molecular complexity index is 535. The highest BCUT2D eigenvalue weighted by Gasteiger charge is 2.34. The molecule has 0 saturated carbocycles. The number of ether oxygens (including phenoxy) is 1. The van der Waals surface area contributed by atoms with Crippen molar-refractivity contribution < 1.29 is 14.3 Å². The number of rotatable bonds is 4. The van der Waals surface area contributed by atoms with Crippen molar-refractivity contribution in [2.75, 3.05) is 26.3 Å². The first-order valence-corrected chi connectivity index (χ1v) is 7.68. The van der Waals surface area contributed by atoms with Crippen LogP contribution in [0, 0.1) is 0 Å². The van der Waals surface area contributed by atoms with Crippen LogP contribution in [-0.2, 0) is 20.9 Å². The van der Waals surface area contributed by atoms with E-state index in [1.54, 1.807) is 4.90 Å². The highest BCUT2D eigenvalue weighted by atomic mass is 35.5. The fourth-order valence-electron chi connectivity index (χ4n) is 2.84. The molecule has 1 aromatic carbocycles. The van der Waals surface area contributed by atoms with Gasteiger partial charge in [0.25, 0.3) is 0 Å². The van der Waals surface area contributed by atoms with Gasteiger partial charge in [-0.25, -0.2) is 0 Å². The second-order valence-electron chi connectivity index (χ2n) is 5.68. The average Bonchev–Trinajstić information content (AvgIpc) is 2.90. The number of hydrogen-bond donors (Lipinski definition) is 2. The first-order valence-electron chi connectivity index (χ1n) is 7.68. The Morgan fingerprint density at radius 3 is 2.83 bits per heavy atom. The molecule has 0 radical (unpaired) electrons. The fraction of sp³-hybridized carbons (Fsp3) is 0.500. The van der Waals surface area contributed by atoms with Gasteiger partial charge in [0.15, 0.2) is 0 Å². The number of nitrogens with zero attached hydrogens (tertiary/aromatic N) is 1. The highest BCUT2D eigenvalue weighted by molar-refractivity contribution is 5.91. The molecule has 0 aromatic heterocycles. The second kappa shape index (κ2) is 8.29. The molecule has 2 unspecified atom stereocenters. The first-order chi connectivity index (χ1) is 10.7. The zero-order valence-corrected chi connectivity index (χ0v) is 13.7. The summed E-state index contributed by atoms with van der Waals surface area (Å²) in [5.74, 6) is -0.159. The van der Waals surface area contributed by atoms with E-state index in [4.69, 9.17) is 4.74 Å². The monoisotopic (exact) mass is 339 g/mol. The highest BCUT2D eigenvalue weighted by Crippen LogP contribution is 2.15. The van der Waals surface area contributed by atoms with Crippen LogP contribution < -0.4 is 10.6 Å². The molecule has 2 fully saturated rings. The molecule has 0 spiro atoms. The third kappa shape index (κ3) is 4.43. The van der Waals surface area contributed by atoms with Crippen molar-refractivity contribution in [1.29, 1.82) is 0 Å². The average molecular weight is 340 g/mol. The quantitative estimate of drug-likeness (QED) is 0.828. The van der Waals surface area contributed by atoms with Crippen LogP contribution in [0.4, 0.5) is 0 Å². The number of likely N-dealkylation sites (tertiary alicyclic amines) is 1. The topological polar surface area (TPSA) is 70.7 Å². The van der Waals surface area contributed by atoms with Gasteiger partial charge in [0, 0.05) is 19.6 Å².